The van der Waals surface area contributed by atoms with E-state index >= 15 is 0 Å². The minimum absolute atomic E-state index is 0.00384. The van der Waals surface area contributed by atoms with Crippen molar-refractivity contribution in [2.24, 2.45) is 5.92 Å². The fourth-order valence-electron chi connectivity index (χ4n) is 4.64. The molecule has 3 aromatic rings. The maximum Gasteiger partial charge on any atom is 0.416 e. The number of hydrogen-bond acceptors (Lipinski definition) is 5. The first-order valence-electron chi connectivity index (χ1n) is 13.0. The number of benzene rings is 2. The quantitative estimate of drug-likeness (QED) is 0.143. The topological polar surface area (TPSA) is 85.4 Å². The number of pyridine rings is 1. The van der Waals surface area contributed by atoms with Crippen LogP contribution in [0.5, 0.6) is 0 Å². The number of ether oxygens (including phenoxy) is 1. The number of carbonyl (C=O) groups is 3. The van der Waals surface area contributed by atoms with Gasteiger partial charge in [0.15, 0.2) is 5.78 Å². The number of anilines is 1. The molecule has 0 saturated heterocycles. The number of halogens is 8. The Kier molecular flexibility index (Phi) is 9.89. The summed E-state index contributed by atoms with van der Waals surface area (Å²) in [7, 11) is 0. The Labute approximate surface area is 276 Å². The van der Waals surface area contributed by atoms with Crippen LogP contribution in [0.25, 0.3) is 0 Å². The number of amides is 1. The highest BCUT2D eigenvalue weighted by molar-refractivity contribution is 6.53. The van der Waals surface area contributed by atoms with Gasteiger partial charge in [0.2, 0.25) is 5.91 Å². The predicted molar refractivity (Wildman–Crippen MR) is 164 cm³/mol. The monoisotopic (exact) mass is 708 g/mol. The average molecular weight is 711 g/mol. The molecule has 1 N–H and O–H groups in total. The minimum Gasteiger partial charge on any atom is -0.460 e. The molecule has 234 valence electrons. The molecule has 0 spiro atoms. The molecule has 0 radical (unpaired) electrons. The number of aromatic nitrogens is 1. The summed E-state index contributed by atoms with van der Waals surface area (Å²) in [5.74, 6) is -3.50. The van der Waals surface area contributed by atoms with E-state index in [1.54, 1.807) is 32.9 Å². The van der Waals surface area contributed by atoms with E-state index in [9.17, 15) is 27.6 Å². The van der Waals surface area contributed by atoms with Gasteiger partial charge in [-0.3, -0.25) is 19.4 Å². The molecule has 2 aromatic carbocycles. The van der Waals surface area contributed by atoms with Gasteiger partial charge in [0.1, 0.15) is 9.93 Å². The van der Waals surface area contributed by atoms with Crippen LogP contribution in [0.1, 0.15) is 59.6 Å². The lowest BCUT2D eigenvalue weighted by molar-refractivity contribution is -0.154. The zero-order chi connectivity index (χ0) is 32.8. The van der Waals surface area contributed by atoms with E-state index in [1.165, 1.54) is 24.3 Å². The first-order chi connectivity index (χ1) is 20.2. The highest BCUT2D eigenvalue weighted by Crippen LogP contribution is 2.65. The number of Topliss-reactive ketones (excluding diaryl/α,β-unsaturated/α-hetero) is 1. The summed E-state index contributed by atoms with van der Waals surface area (Å²) < 4.78 is 44.6. The number of alkyl halides is 5. The van der Waals surface area contributed by atoms with E-state index in [0.29, 0.717) is 15.6 Å². The molecular formula is C30H24Cl5F3N2O4. The van der Waals surface area contributed by atoms with Gasteiger partial charge in [-0.15, -0.1) is 23.2 Å². The van der Waals surface area contributed by atoms with Crippen molar-refractivity contribution in [3.05, 3.63) is 91.7 Å². The van der Waals surface area contributed by atoms with Crippen molar-refractivity contribution in [3.63, 3.8) is 0 Å². The van der Waals surface area contributed by atoms with Crippen LogP contribution in [-0.4, -0.2) is 32.6 Å². The summed E-state index contributed by atoms with van der Waals surface area (Å²) in [5, 5.41) is 3.34. The molecule has 1 amide bonds. The molecule has 1 aliphatic carbocycles. The van der Waals surface area contributed by atoms with E-state index in [2.05, 4.69) is 10.3 Å². The molecule has 0 bridgehead atoms. The van der Waals surface area contributed by atoms with Crippen molar-refractivity contribution in [2.75, 3.05) is 5.32 Å². The molecular weight excluding hydrogens is 687 g/mol. The molecule has 0 aliphatic heterocycles. The van der Waals surface area contributed by atoms with E-state index in [0.717, 1.165) is 12.1 Å². The molecule has 14 heteroatoms. The lowest BCUT2D eigenvalue weighted by Crippen LogP contribution is -2.25. The second-order valence-corrected chi connectivity index (χ2v) is 13.9. The molecule has 44 heavy (non-hydrogen) atoms. The van der Waals surface area contributed by atoms with Crippen molar-refractivity contribution < 1.29 is 32.3 Å². The van der Waals surface area contributed by atoms with Crippen LogP contribution < -0.4 is 5.32 Å². The molecule has 1 aliphatic rings. The normalized spacial score (nSPS) is 17.6. The molecule has 2 atom stereocenters. The number of nitrogens with one attached hydrogen (secondary N) is 1. The van der Waals surface area contributed by atoms with Gasteiger partial charge in [0, 0.05) is 32.9 Å². The van der Waals surface area contributed by atoms with Crippen molar-refractivity contribution in [3.8, 4) is 0 Å². The Morgan fingerprint density at radius 1 is 0.909 bits per heavy atom. The molecule has 1 saturated carbocycles. The number of rotatable bonds is 8. The smallest absolute Gasteiger partial charge is 0.416 e. The van der Waals surface area contributed by atoms with Crippen molar-refractivity contribution in [2.45, 2.75) is 55.6 Å². The first kappa shape index (κ1) is 34.3. The predicted octanol–water partition coefficient (Wildman–Crippen LogP) is 8.90. The van der Waals surface area contributed by atoms with Crippen LogP contribution in [0.2, 0.25) is 15.1 Å². The molecule has 1 fully saturated rings. The lowest BCUT2D eigenvalue weighted by Gasteiger charge is -2.19. The molecule has 6 nitrogen and oxygen atoms in total. The zero-order valence-corrected chi connectivity index (χ0v) is 27.1. The summed E-state index contributed by atoms with van der Waals surface area (Å²) >= 11 is 31.2. The van der Waals surface area contributed by atoms with Gasteiger partial charge < -0.3 is 10.1 Å². The third-order valence-electron chi connectivity index (χ3n) is 6.46. The third-order valence-corrected chi connectivity index (χ3v) is 8.17. The number of hydrogen-bond donors (Lipinski definition) is 1. The van der Waals surface area contributed by atoms with Crippen molar-refractivity contribution >= 4 is 81.4 Å². The van der Waals surface area contributed by atoms with E-state index in [4.69, 9.17) is 62.7 Å². The van der Waals surface area contributed by atoms with Gasteiger partial charge in [0.25, 0.3) is 0 Å². The molecule has 2 unspecified atom stereocenters. The van der Waals surface area contributed by atoms with Crippen LogP contribution in [0.15, 0.2) is 48.5 Å². The lowest BCUT2D eigenvalue weighted by atomic mass is 10.0. The van der Waals surface area contributed by atoms with E-state index < -0.39 is 64.0 Å². The van der Waals surface area contributed by atoms with Crippen LogP contribution in [0, 0.1) is 5.92 Å². The fraction of sp³-hybridized carbons (Fsp3) is 0.333. The largest absolute Gasteiger partial charge is 0.460 e. The highest BCUT2D eigenvalue weighted by atomic mass is 35.5. The van der Waals surface area contributed by atoms with Crippen LogP contribution >= 0.6 is 58.0 Å². The van der Waals surface area contributed by atoms with Crippen LogP contribution in [0.4, 0.5) is 18.9 Å². The van der Waals surface area contributed by atoms with Gasteiger partial charge >= 0.3 is 12.1 Å². The molecule has 4 rings (SSSR count). The summed E-state index contributed by atoms with van der Waals surface area (Å²) in [6, 6.07) is 10.3. The summed E-state index contributed by atoms with van der Waals surface area (Å²) in [4.78, 5) is 42.7. The maximum atomic E-state index is 13.6. The molecule has 1 aromatic heterocycles. The number of carbonyl (C=O) groups excluding carboxylic acids is 3. The SMILES string of the molecule is CC(C)(C)OC(=O)Cc1cc(C(F)(F)F)cc(CC(=O)c2cc(NC(=O)C3C(c4cc(Cl)cc(Cl)c4)C3(Cl)Cl)ccc2Cl)n1. The number of esters is 1. The van der Waals surface area contributed by atoms with E-state index in [1.807, 2.05) is 0 Å². The van der Waals surface area contributed by atoms with Gasteiger partial charge in [-0.05, 0) is 74.9 Å². The van der Waals surface area contributed by atoms with Crippen LogP contribution in [-0.2, 0) is 33.3 Å². The average Bonchev–Trinajstić information content (AvgIpc) is 3.44. The molecule has 1 heterocycles. The summed E-state index contributed by atoms with van der Waals surface area (Å²) in [6.45, 7) is 4.86. The Balaban J connectivity index is 1.53. The van der Waals surface area contributed by atoms with Gasteiger partial charge in [0.05, 0.1) is 35.0 Å². The van der Waals surface area contributed by atoms with Gasteiger partial charge in [-0.1, -0.05) is 34.8 Å². The maximum absolute atomic E-state index is 13.6. The van der Waals surface area contributed by atoms with E-state index in [-0.39, 0.29) is 27.7 Å². The van der Waals surface area contributed by atoms with Crippen molar-refractivity contribution in [1.29, 1.82) is 0 Å². The summed E-state index contributed by atoms with van der Waals surface area (Å²) in [5.41, 5.74) is -1.71. The minimum atomic E-state index is -4.76. The first-order valence-corrected chi connectivity index (χ1v) is 14.9. The highest BCUT2D eigenvalue weighted by Gasteiger charge is 2.67. The second kappa shape index (κ2) is 12.7. The number of ketones is 1. The Hall–Kier alpha value is -2.56. The Morgan fingerprint density at radius 2 is 1.50 bits per heavy atom. The van der Waals surface area contributed by atoms with Crippen molar-refractivity contribution in [1.82, 2.24) is 4.98 Å². The summed E-state index contributed by atoms with van der Waals surface area (Å²) in [6.07, 6.45) is -5.87. The standard InChI is InChI=1S/C30H24Cl5F3N2O4/c1-28(2,3)44-24(42)13-20-9-15(30(36,37)38)8-19(39-20)12-23(41)21-11-18(4-5-22(21)33)40-27(43)26-25(29(26,34)35)14-6-16(31)10-17(32)7-14/h4-11,25-26H,12-13H2,1-3H3,(H,40,43). The Morgan fingerprint density at radius 3 is 2.07 bits per heavy atom. The zero-order valence-electron chi connectivity index (χ0n) is 23.3. The third kappa shape index (κ3) is 8.37. The number of nitrogens with zero attached hydrogens (tertiary/aromatic N) is 1. The Bertz CT molecular complexity index is 1620. The fourth-order valence-corrected chi connectivity index (χ4v) is 6.23. The second-order valence-electron chi connectivity index (χ2n) is 11.2. The van der Waals surface area contributed by atoms with Gasteiger partial charge in [-0.25, -0.2) is 0 Å². The van der Waals surface area contributed by atoms with Gasteiger partial charge in [-0.2, -0.15) is 13.2 Å². The van der Waals surface area contributed by atoms with Crippen LogP contribution in [0.3, 0.4) is 0 Å².